The molecule has 584 valence electrons. The van der Waals surface area contributed by atoms with Gasteiger partial charge in [0.1, 0.15) is 0 Å². The smallest absolute Gasteiger partial charge is 0.554 e. The predicted molar refractivity (Wildman–Crippen MR) is 455 cm³/mol. The third-order valence-electron chi connectivity index (χ3n) is 22.0. The minimum absolute atomic E-state index is 0. The number of hydrogen-bond donors (Lipinski definition) is 1. The van der Waals surface area contributed by atoms with Gasteiger partial charge in [-0.05, 0) is 240 Å². The normalized spacial score (nSPS) is 12.0. The second-order valence-electron chi connectivity index (χ2n) is 30.2. The molecule has 0 bridgehead atoms. The molecule has 21 heteroatoms. The van der Waals surface area contributed by atoms with Gasteiger partial charge in [-0.3, -0.25) is 0 Å². The molecule has 124 heavy (non-hydrogen) atoms. The van der Waals surface area contributed by atoms with E-state index in [0.29, 0.717) is 22.6 Å². The van der Waals surface area contributed by atoms with Crippen molar-refractivity contribution in [2.24, 2.45) is 0 Å². The summed E-state index contributed by atoms with van der Waals surface area (Å²) in [6, 6.07) is 89.2. The first kappa shape index (κ1) is 107. The number of nitrogens with one attached hydrogen (secondary N) is 1. The Morgan fingerprint density at radius 3 is 1.26 bits per heavy atom. The molecule has 0 amide bonds. The molecule has 0 spiro atoms. The third-order valence-corrected chi connectivity index (χ3v) is 22.0. The fraction of sp³-hybridized carbons (Fsp3) is 0.117. The van der Waals surface area contributed by atoms with Crippen molar-refractivity contribution < 1.29 is 477 Å². The van der Waals surface area contributed by atoms with E-state index in [1.54, 1.807) is 49.4 Å². The molecule has 16 aromatic carbocycles. The van der Waals surface area contributed by atoms with Gasteiger partial charge in [-0.2, -0.15) is 9.59 Å². The Morgan fingerprint density at radius 1 is 0.355 bits per heavy atom. The van der Waals surface area contributed by atoms with E-state index in [1.165, 1.54) is 66.7 Å². The molecule has 2 aliphatic carbocycles. The minimum Gasteiger partial charge on any atom is -0.554 e. The summed E-state index contributed by atoms with van der Waals surface area (Å²) in [5, 5.41) is 70.5. The summed E-state index contributed by atoms with van der Waals surface area (Å²) in [7, 11) is 0. The van der Waals surface area contributed by atoms with Gasteiger partial charge in [0, 0.05) is 40.4 Å². The summed E-state index contributed by atoms with van der Waals surface area (Å²) in [6.07, 6.45) is 0.250. The summed E-state index contributed by atoms with van der Waals surface area (Å²) >= 11 is 0. The van der Waals surface area contributed by atoms with Gasteiger partial charge in [-0.1, -0.05) is 245 Å². The molecule has 0 aromatic heterocycles. The van der Waals surface area contributed by atoms with Gasteiger partial charge >= 0.3 is 420 Å². The van der Waals surface area contributed by atoms with Crippen molar-refractivity contribution in [2.75, 3.05) is 10.2 Å². The zero-order chi connectivity index (χ0) is 83.7. The van der Waals surface area contributed by atoms with Crippen molar-refractivity contribution in [1.29, 1.82) is 0 Å². The summed E-state index contributed by atoms with van der Waals surface area (Å²) in [5.41, 5.74) is 26.4. The summed E-state index contributed by atoms with van der Waals surface area (Å²) in [5.74, 6) is -5.03. The molecule has 1 heterocycles. The molecule has 15 nitrogen and oxygen atoms in total. The Hall–Kier alpha value is -2.61. The van der Waals surface area contributed by atoms with Crippen molar-refractivity contribution in [3.05, 3.63) is 379 Å². The van der Waals surface area contributed by atoms with Crippen LogP contribution in [0.5, 0.6) is 11.5 Å². The monoisotopic (exact) mass is 2350 g/mol. The predicted octanol–water partition coefficient (Wildman–Crippen LogP) is 0.239. The van der Waals surface area contributed by atoms with Crippen LogP contribution in [0.3, 0.4) is 0 Å². The maximum Gasteiger partial charge on any atom is 1.00 e. The Morgan fingerprint density at radius 2 is 0.758 bits per heavy atom. The number of anilines is 5. The van der Waals surface area contributed by atoms with Crippen LogP contribution in [0.15, 0.2) is 273 Å². The number of hydrogen-bond acceptors (Lipinski definition) is 15. The third kappa shape index (κ3) is 23.6. The maximum atomic E-state index is 11.8. The number of ether oxygens (including phenoxy) is 1. The summed E-state index contributed by atoms with van der Waals surface area (Å²) in [6.45, 7) is 20.1. The molecule has 1 aliphatic heterocycles. The average Bonchev–Trinajstić information content (AvgIpc) is 1.56. The van der Waals surface area contributed by atoms with Crippen molar-refractivity contribution in [3.63, 3.8) is 0 Å². The van der Waals surface area contributed by atoms with Gasteiger partial charge < -0.3 is 64.5 Å². The SMILES string of the molecule is Cc1ccc(N(c2ccc(C)cc2)c2ccc(C(=O)[O-])cc2)cc1.Cc1ccc2c(c1)C(C(=O)[O-])c1cc(C)c3ccccc3c1-2.Cc1ccc2c(c1)C(c1ccc(C(=O)[O-])cc1)c1cc(C)c3ccccc3c1-2.Cc1ccc2c(c1)Nc1cc(C)c(C(=O)[O-])cc1O2.Cc1ccc2c3c4ccccc4c(C)cc3[c-](C(=O)[O-])c2c1.O=C=O.[Cs+].[Cs+].[Cs+].[Cs+].[Cs+].[Cs+]. The molecular weight excluding hydrogens is 2270 g/mol. The van der Waals surface area contributed by atoms with Crippen LogP contribution in [0.1, 0.15) is 137 Å². The van der Waals surface area contributed by atoms with Gasteiger partial charge in [0.15, 0.2) is 11.5 Å². The van der Waals surface area contributed by atoms with Crippen LogP contribution in [0.25, 0.3) is 76.1 Å². The number of nitrogens with zero attached hydrogens (tertiary/aromatic N) is 1. The number of aliphatic carboxylic acids is 1. The van der Waals surface area contributed by atoms with Crippen LogP contribution in [0.2, 0.25) is 0 Å². The molecule has 0 saturated heterocycles. The summed E-state index contributed by atoms with van der Waals surface area (Å²) < 4.78 is 5.72. The number of aromatic carboxylic acids is 4. The average molecular weight is 2350 g/mol. The van der Waals surface area contributed by atoms with Crippen molar-refractivity contribution >= 4 is 118 Å². The van der Waals surface area contributed by atoms with Crippen molar-refractivity contribution in [1.82, 2.24) is 0 Å². The molecule has 0 fully saturated rings. The largest absolute Gasteiger partial charge is 1.00 e. The van der Waals surface area contributed by atoms with E-state index in [2.05, 4.69) is 159 Å². The van der Waals surface area contributed by atoms with E-state index in [4.69, 9.17) is 14.3 Å². The Labute approximate surface area is 1070 Å². The van der Waals surface area contributed by atoms with Gasteiger partial charge in [-0.15, -0.1) is 33.7 Å². The number of aryl methyl sites for hydroxylation is 10. The fourth-order valence-corrected chi connectivity index (χ4v) is 16.5. The number of carbonyl (C=O) groups excluding carboxylic acids is 7. The molecule has 1 N–H and O–H groups in total. The van der Waals surface area contributed by atoms with Crippen LogP contribution < -0.4 is 454 Å². The van der Waals surface area contributed by atoms with Gasteiger partial charge in [0.05, 0.1) is 35.3 Å². The summed E-state index contributed by atoms with van der Waals surface area (Å²) in [4.78, 5) is 75.0. The van der Waals surface area contributed by atoms with E-state index in [-0.39, 0.29) is 442 Å². The quantitative estimate of drug-likeness (QED) is 0.190. The number of carboxylic acid groups (broad SMARTS) is 5. The minimum atomic E-state index is -1.20. The van der Waals surface area contributed by atoms with E-state index >= 15 is 0 Å². The van der Waals surface area contributed by atoms with E-state index in [0.717, 1.165) is 122 Å². The molecule has 16 aromatic rings. The van der Waals surface area contributed by atoms with Crippen LogP contribution in [-0.4, -0.2) is 36.0 Å². The van der Waals surface area contributed by atoms with Gasteiger partial charge in [0.2, 0.25) is 0 Å². The first-order valence-corrected chi connectivity index (χ1v) is 38.4. The standard InChI is InChI=1S/C26H20O2.C21H19NO2.C20H16O2.C20H15O2.C15H13NO3.CO2.6Cs/c1-15-7-12-21-22(13-15)24(17-8-10-18(11-9-17)26(27)28)23-14-16(2)19-5-3-4-6-20(19)25(21)23;1-15-3-9-18(10-4-15)22(19-11-5-16(2)6-12-19)20-13-7-17(8-14-20)21(23)24;2*1-11-7-8-15-16(9-11)19(20(21)22)17-10-12(2)13-5-3-4-6-14(13)18(15)17;1-8-3-4-13-11(5-8)16-12-6-9(2)10(15(17)18)7-14(12)19-13;2-1-3;;;;;;/h3-14,24H,1-2H3,(H,27,28);3-14H,1-2H3,(H,23,24);3-10,19H,1-2H3,(H,21,22);3-10H,1-2H3,(H,21,22);3-7,16H,1-2H3,(H,17,18);;;;;;;/q;;;-1;;;6*+1/p-5. The molecule has 2 atom stereocenters. The van der Waals surface area contributed by atoms with Crippen LogP contribution in [0.4, 0.5) is 28.4 Å². The van der Waals surface area contributed by atoms with E-state index in [1.807, 2.05) is 138 Å². The number of carbonyl (C=O) groups is 5. The Kier molecular flexibility index (Phi) is 41.2. The first-order valence-electron chi connectivity index (χ1n) is 38.4. The second-order valence-corrected chi connectivity index (χ2v) is 30.2. The fourth-order valence-electron chi connectivity index (χ4n) is 16.5. The zero-order valence-electron chi connectivity index (χ0n) is 72.4. The van der Waals surface area contributed by atoms with Crippen LogP contribution >= 0.6 is 0 Å². The second kappa shape index (κ2) is 47.8. The molecule has 0 saturated carbocycles. The van der Waals surface area contributed by atoms with E-state index in [9.17, 15) is 49.5 Å². The maximum absolute atomic E-state index is 11.8. The number of fused-ring (bicyclic) bond motifs is 17. The van der Waals surface area contributed by atoms with Crippen molar-refractivity contribution in [2.45, 2.75) is 81.1 Å². The Bertz CT molecular complexity index is 6740. The molecule has 0 radical (unpaired) electrons. The molecular formula is C103H78Cs6N2O13. The number of rotatable bonds is 9. The molecule has 2 unspecified atom stereocenters. The van der Waals surface area contributed by atoms with Crippen LogP contribution in [-0.2, 0) is 14.4 Å². The topological polar surface area (TPSA) is 259 Å². The van der Waals surface area contributed by atoms with Gasteiger partial charge in [-0.25, -0.2) is 0 Å². The van der Waals surface area contributed by atoms with Crippen LogP contribution in [0, 0.1) is 69.2 Å². The number of benzene rings is 15. The Balaban J connectivity index is 0.000000189. The number of carboxylic acids is 5. The first-order chi connectivity index (χ1) is 56.7. The van der Waals surface area contributed by atoms with Gasteiger partial charge in [0.25, 0.3) is 0 Å². The molecule has 19 rings (SSSR count). The molecule has 3 aliphatic rings. The van der Waals surface area contributed by atoms with Crippen molar-refractivity contribution in [3.8, 4) is 33.8 Å². The van der Waals surface area contributed by atoms with E-state index < -0.39 is 35.8 Å². The zero-order valence-corrected chi connectivity index (χ0v) is 110.